The van der Waals surface area contributed by atoms with Crippen molar-refractivity contribution in [1.82, 2.24) is 20.7 Å². The van der Waals surface area contributed by atoms with Crippen LogP contribution in [0.2, 0.25) is 0 Å². The first-order valence-electron chi connectivity index (χ1n) is 9.75. The Morgan fingerprint density at radius 2 is 1.70 bits per heavy atom. The second kappa shape index (κ2) is 10.7. The summed E-state index contributed by atoms with van der Waals surface area (Å²) in [6, 6.07) is 10.7. The minimum absolute atomic E-state index is 0.365. The number of aromatic nitrogens is 1. The molecule has 0 radical (unpaired) electrons. The van der Waals surface area contributed by atoms with Gasteiger partial charge < -0.3 is 15.2 Å². The molecule has 2 rings (SSSR count). The lowest BCUT2D eigenvalue weighted by Gasteiger charge is -2.18. The Labute approximate surface area is 163 Å². The minimum atomic E-state index is 0.365. The molecule has 1 aromatic heterocycles. The van der Waals surface area contributed by atoms with E-state index < -0.39 is 0 Å². The van der Waals surface area contributed by atoms with Crippen LogP contribution in [0.5, 0.6) is 0 Å². The van der Waals surface area contributed by atoms with Gasteiger partial charge in [-0.3, -0.25) is 9.89 Å². The van der Waals surface area contributed by atoms with Crippen LogP contribution >= 0.6 is 0 Å². The fourth-order valence-electron chi connectivity index (χ4n) is 2.73. The zero-order valence-electron chi connectivity index (χ0n) is 17.2. The molecule has 0 bridgehead atoms. The molecular formula is C21H33N5O. The zero-order chi connectivity index (χ0) is 19.6. The molecule has 0 saturated carbocycles. The summed E-state index contributed by atoms with van der Waals surface area (Å²) in [7, 11) is 1.77. The van der Waals surface area contributed by atoms with Crippen LogP contribution in [-0.4, -0.2) is 36.2 Å². The van der Waals surface area contributed by atoms with Crippen molar-refractivity contribution in [3.8, 4) is 0 Å². The van der Waals surface area contributed by atoms with Gasteiger partial charge in [-0.05, 0) is 30.1 Å². The Morgan fingerprint density at radius 3 is 2.26 bits per heavy atom. The van der Waals surface area contributed by atoms with Gasteiger partial charge in [-0.1, -0.05) is 57.1 Å². The van der Waals surface area contributed by atoms with E-state index in [0.717, 1.165) is 43.6 Å². The van der Waals surface area contributed by atoms with Crippen LogP contribution in [0.3, 0.4) is 0 Å². The Balaban J connectivity index is 1.81. The molecule has 0 spiro atoms. The van der Waals surface area contributed by atoms with E-state index in [9.17, 15) is 0 Å². The molecule has 0 atom stereocenters. The molecule has 1 heterocycles. The lowest BCUT2D eigenvalue weighted by molar-refractivity contribution is 0.296. The third-order valence-corrected chi connectivity index (χ3v) is 4.61. The van der Waals surface area contributed by atoms with Gasteiger partial charge in [0.15, 0.2) is 11.7 Å². The van der Waals surface area contributed by atoms with Crippen molar-refractivity contribution >= 4 is 5.96 Å². The number of nitrogens with zero attached hydrogens (tertiary/aromatic N) is 3. The summed E-state index contributed by atoms with van der Waals surface area (Å²) in [5.74, 6) is 1.91. The summed E-state index contributed by atoms with van der Waals surface area (Å²) in [6.07, 6.45) is 0. The third kappa shape index (κ3) is 6.71. The summed E-state index contributed by atoms with van der Waals surface area (Å²) >= 11 is 0. The molecule has 0 fully saturated rings. The zero-order valence-corrected chi connectivity index (χ0v) is 17.2. The lowest BCUT2D eigenvalue weighted by atomic mass is 10.1. The monoisotopic (exact) mass is 371 g/mol. The number of hydrogen-bond acceptors (Lipinski definition) is 4. The molecule has 1 aromatic carbocycles. The van der Waals surface area contributed by atoms with E-state index in [4.69, 9.17) is 4.52 Å². The van der Waals surface area contributed by atoms with Crippen molar-refractivity contribution < 1.29 is 4.52 Å². The predicted molar refractivity (Wildman–Crippen MR) is 111 cm³/mol. The molecule has 0 aliphatic heterocycles. The highest BCUT2D eigenvalue weighted by Gasteiger charge is 2.08. The van der Waals surface area contributed by atoms with Gasteiger partial charge in [0.1, 0.15) is 0 Å². The molecule has 0 aliphatic carbocycles. The SMILES string of the molecule is CCN(CC)Cc1ccc(CNC(=NC)NCc2cc(C(C)C)no2)cc1. The van der Waals surface area contributed by atoms with E-state index in [0.29, 0.717) is 12.5 Å². The van der Waals surface area contributed by atoms with E-state index in [1.54, 1.807) is 7.05 Å². The molecule has 6 nitrogen and oxygen atoms in total. The normalized spacial score (nSPS) is 12.0. The van der Waals surface area contributed by atoms with Crippen LogP contribution in [0.25, 0.3) is 0 Å². The first kappa shape index (κ1) is 21.0. The maximum Gasteiger partial charge on any atom is 0.191 e. The molecule has 0 aliphatic rings. The van der Waals surface area contributed by atoms with Crippen LogP contribution in [-0.2, 0) is 19.6 Å². The number of benzene rings is 1. The average Bonchev–Trinajstić information content (AvgIpc) is 3.16. The fraction of sp³-hybridized carbons (Fsp3) is 0.524. The molecule has 6 heteroatoms. The maximum absolute atomic E-state index is 5.35. The van der Waals surface area contributed by atoms with Crippen molar-refractivity contribution in [3.63, 3.8) is 0 Å². The summed E-state index contributed by atoms with van der Waals surface area (Å²) in [6.45, 7) is 13.0. The second-order valence-corrected chi connectivity index (χ2v) is 6.93. The van der Waals surface area contributed by atoms with Gasteiger partial charge in [0.05, 0.1) is 12.2 Å². The lowest BCUT2D eigenvalue weighted by Crippen LogP contribution is -2.36. The van der Waals surface area contributed by atoms with Crippen molar-refractivity contribution in [2.45, 2.75) is 53.2 Å². The van der Waals surface area contributed by atoms with Crippen LogP contribution in [0.15, 0.2) is 39.8 Å². The van der Waals surface area contributed by atoms with Gasteiger partial charge in [-0.15, -0.1) is 0 Å². The summed E-state index contributed by atoms with van der Waals surface area (Å²) in [4.78, 5) is 6.67. The van der Waals surface area contributed by atoms with Crippen molar-refractivity contribution in [1.29, 1.82) is 0 Å². The highest BCUT2D eigenvalue weighted by atomic mass is 16.5. The van der Waals surface area contributed by atoms with Gasteiger partial charge >= 0.3 is 0 Å². The van der Waals surface area contributed by atoms with E-state index >= 15 is 0 Å². The highest BCUT2D eigenvalue weighted by molar-refractivity contribution is 5.79. The Kier molecular flexibility index (Phi) is 8.33. The number of aliphatic imine (C=N–C) groups is 1. The van der Waals surface area contributed by atoms with Crippen LogP contribution in [0.4, 0.5) is 0 Å². The smallest absolute Gasteiger partial charge is 0.191 e. The van der Waals surface area contributed by atoms with E-state index in [1.165, 1.54) is 11.1 Å². The number of rotatable bonds is 9. The Morgan fingerprint density at radius 1 is 1.07 bits per heavy atom. The molecule has 27 heavy (non-hydrogen) atoms. The first-order valence-corrected chi connectivity index (χ1v) is 9.75. The van der Waals surface area contributed by atoms with Crippen LogP contribution < -0.4 is 10.6 Å². The number of guanidine groups is 1. The van der Waals surface area contributed by atoms with Crippen molar-refractivity contribution in [2.24, 2.45) is 4.99 Å². The van der Waals surface area contributed by atoms with E-state index in [-0.39, 0.29) is 0 Å². The third-order valence-electron chi connectivity index (χ3n) is 4.61. The molecular weight excluding hydrogens is 338 g/mol. The van der Waals surface area contributed by atoms with Gasteiger partial charge in [0, 0.05) is 26.2 Å². The predicted octanol–water partition coefficient (Wildman–Crippen LogP) is 3.51. The van der Waals surface area contributed by atoms with Gasteiger partial charge in [-0.25, -0.2) is 0 Å². The van der Waals surface area contributed by atoms with Gasteiger partial charge in [-0.2, -0.15) is 0 Å². The van der Waals surface area contributed by atoms with Gasteiger partial charge in [0.25, 0.3) is 0 Å². The van der Waals surface area contributed by atoms with Gasteiger partial charge in [0.2, 0.25) is 0 Å². The van der Waals surface area contributed by atoms with E-state index in [2.05, 4.69) is 77.6 Å². The molecule has 0 amide bonds. The highest BCUT2D eigenvalue weighted by Crippen LogP contribution is 2.13. The Bertz CT molecular complexity index is 702. The summed E-state index contributed by atoms with van der Waals surface area (Å²) in [5, 5.41) is 10.7. The molecule has 0 unspecified atom stereocenters. The summed E-state index contributed by atoms with van der Waals surface area (Å²) in [5.41, 5.74) is 3.54. The fourth-order valence-corrected chi connectivity index (χ4v) is 2.73. The number of hydrogen-bond donors (Lipinski definition) is 2. The largest absolute Gasteiger partial charge is 0.359 e. The van der Waals surface area contributed by atoms with Crippen molar-refractivity contribution in [2.75, 3.05) is 20.1 Å². The van der Waals surface area contributed by atoms with Crippen LogP contribution in [0, 0.1) is 0 Å². The molecule has 0 saturated heterocycles. The molecule has 2 aromatic rings. The first-order chi connectivity index (χ1) is 13.0. The van der Waals surface area contributed by atoms with E-state index in [1.807, 2.05) is 6.07 Å². The summed E-state index contributed by atoms with van der Waals surface area (Å²) < 4.78 is 5.35. The second-order valence-electron chi connectivity index (χ2n) is 6.93. The topological polar surface area (TPSA) is 65.7 Å². The molecule has 148 valence electrons. The van der Waals surface area contributed by atoms with Crippen molar-refractivity contribution in [3.05, 3.63) is 52.9 Å². The average molecular weight is 372 g/mol. The van der Waals surface area contributed by atoms with Crippen LogP contribution in [0.1, 0.15) is 56.2 Å². The minimum Gasteiger partial charge on any atom is -0.359 e. The maximum atomic E-state index is 5.35. The molecule has 2 N–H and O–H groups in total. The Hall–Kier alpha value is -2.34. The number of nitrogens with one attached hydrogen (secondary N) is 2. The standard InChI is InChI=1S/C21H33N5O/c1-6-26(7-2)15-18-10-8-17(9-11-18)13-23-21(22-5)24-14-19-12-20(16(3)4)25-27-19/h8-12,16H,6-7,13-15H2,1-5H3,(H2,22,23,24). The quantitative estimate of drug-likeness (QED) is 0.522.